The van der Waals surface area contributed by atoms with E-state index in [1.165, 1.54) is 44.9 Å². The Balaban J connectivity index is 1.74. The molecule has 1 aromatic heterocycles. The molecule has 0 saturated heterocycles. The number of nitrogens with two attached hydrogens (primary N) is 1. The van der Waals surface area contributed by atoms with Crippen LogP contribution in [-0.2, 0) is 5.41 Å². The van der Waals surface area contributed by atoms with Crippen LogP contribution in [0.25, 0.3) is 0 Å². The van der Waals surface area contributed by atoms with Gasteiger partial charge in [0, 0.05) is 12.4 Å². The molecule has 0 radical (unpaired) electrons. The highest BCUT2D eigenvalue weighted by Crippen LogP contribution is 2.66. The largest absolute Gasteiger partial charge is 0.330 e. The summed E-state index contributed by atoms with van der Waals surface area (Å²) in [6.45, 7) is 0.867. The van der Waals surface area contributed by atoms with Crippen LogP contribution in [0.2, 0.25) is 0 Å². The molecule has 4 aliphatic carbocycles. The number of rotatable bonds is 3. The summed E-state index contributed by atoms with van der Waals surface area (Å²) in [7, 11) is 0. The second kappa shape index (κ2) is 4.05. The van der Waals surface area contributed by atoms with Gasteiger partial charge >= 0.3 is 0 Å². The maximum atomic E-state index is 5.92. The molecule has 2 unspecified atom stereocenters. The van der Waals surface area contributed by atoms with Crippen LogP contribution in [0.4, 0.5) is 0 Å². The molecule has 1 aromatic rings. The predicted molar refractivity (Wildman–Crippen MR) is 76.7 cm³/mol. The second-order valence-electron chi connectivity index (χ2n) is 7.52. The molecule has 0 amide bonds. The van der Waals surface area contributed by atoms with Crippen molar-refractivity contribution in [2.24, 2.45) is 23.0 Å². The molecule has 102 valence electrons. The fraction of sp³-hybridized carbons (Fsp3) is 0.706. The van der Waals surface area contributed by atoms with Gasteiger partial charge in [0.25, 0.3) is 0 Å². The third-order valence-corrected chi connectivity index (χ3v) is 6.15. The molecule has 4 saturated carbocycles. The normalized spacial score (nSPS) is 43.6. The molecule has 4 aliphatic rings. The first-order chi connectivity index (χ1) is 9.24. The van der Waals surface area contributed by atoms with Crippen molar-refractivity contribution in [3.63, 3.8) is 0 Å². The lowest BCUT2D eigenvalue weighted by Crippen LogP contribution is -2.54. The molecule has 0 aliphatic heterocycles. The molecule has 2 N–H and O–H groups in total. The van der Waals surface area contributed by atoms with E-state index in [1.54, 1.807) is 5.56 Å². The summed E-state index contributed by atoms with van der Waals surface area (Å²) in [5.74, 6) is 1.92. The van der Waals surface area contributed by atoms with Gasteiger partial charge in [0.15, 0.2) is 0 Å². The molecule has 0 spiro atoms. The van der Waals surface area contributed by atoms with Gasteiger partial charge in [-0.05, 0) is 91.9 Å². The average molecular weight is 256 g/mol. The Hall–Kier alpha value is -0.890. The van der Waals surface area contributed by atoms with Crippen LogP contribution < -0.4 is 5.73 Å². The molecule has 0 aromatic carbocycles. The molecule has 5 rings (SSSR count). The lowest BCUT2D eigenvalue weighted by molar-refractivity contribution is -0.0749. The van der Waals surface area contributed by atoms with Gasteiger partial charge in [0.1, 0.15) is 0 Å². The Bertz CT molecular complexity index is 453. The van der Waals surface area contributed by atoms with Gasteiger partial charge < -0.3 is 5.73 Å². The Morgan fingerprint density at radius 1 is 1.11 bits per heavy atom. The second-order valence-corrected chi connectivity index (χ2v) is 7.52. The fourth-order valence-corrected chi connectivity index (χ4v) is 6.09. The monoisotopic (exact) mass is 256 g/mol. The summed E-state index contributed by atoms with van der Waals surface area (Å²) in [6.07, 6.45) is 13.8. The number of aromatic nitrogens is 1. The van der Waals surface area contributed by atoms with Crippen molar-refractivity contribution >= 4 is 0 Å². The topological polar surface area (TPSA) is 38.9 Å². The van der Waals surface area contributed by atoms with E-state index in [9.17, 15) is 0 Å². The average Bonchev–Trinajstić information content (AvgIpc) is 2.38. The summed E-state index contributed by atoms with van der Waals surface area (Å²) in [6, 6.07) is 4.53. The minimum Gasteiger partial charge on any atom is -0.330 e. The minimum absolute atomic E-state index is 0.461. The zero-order chi connectivity index (χ0) is 12.9. The highest BCUT2D eigenvalue weighted by Gasteiger charge is 2.57. The summed E-state index contributed by atoms with van der Waals surface area (Å²) in [5.41, 5.74) is 8.51. The van der Waals surface area contributed by atoms with Crippen molar-refractivity contribution in [1.29, 1.82) is 0 Å². The van der Waals surface area contributed by atoms with Crippen molar-refractivity contribution < 1.29 is 0 Å². The van der Waals surface area contributed by atoms with E-state index in [4.69, 9.17) is 5.73 Å². The van der Waals surface area contributed by atoms with Crippen molar-refractivity contribution in [1.82, 2.24) is 4.98 Å². The van der Waals surface area contributed by atoms with E-state index in [2.05, 4.69) is 17.1 Å². The predicted octanol–water partition coefficient (Wildman–Crippen LogP) is 3.27. The standard InChI is InChI=1S/C17H24N2/c18-4-3-16-8-13-7-14(9-16)11-17(10-13,12-16)15-1-5-19-6-2-15/h1-2,5-6,13-14H,3-4,7-12,18H2. The van der Waals surface area contributed by atoms with Crippen LogP contribution in [0, 0.1) is 17.3 Å². The third kappa shape index (κ3) is 1.76. The van der Waals surface area contributed by atoms with E-state index in [0.717, 1.165) is 18.4 Å². The lowest BCUT2D eigenvalue weighted by atomic mass is 9.42. The molecule has 1 heterocycles. The molecular formula is C17H24N2. The van der Waals surface area contributed by atoms with Crippen LogP contribution in [0.5, 0.6) is 0 Å². The van der Waals surface area contributed by atoms with E-state index in [0.29, 0.717) is 10.8 Å². The first-order valence-electron chi connectivity index (χ1n) is 7.84. The Labute approximate surface area is 115 Å². The van der Waals surface area contributed by atoms with Gasteiger partial charge in [-0.2, -0.15) is 0 Å². The van der Waals surface area contributed by atoms with Crippen LogP contribution in [-0.4, -0.2) is 11.5 Å². The van der Waals surface area contributed by atoms with E-state index in [1.807, 2.05) is 12.4 Å². The number of hydrogen-bond donors (Lipinski definition) is 1. The molecular weight excluding hydrogens is 232 g/mol. The van der Waals surface area contributed by atoms with Crippen LogP contribution in [0.15, 0.2) is 24.5 Å². The SMILES string of the molecule is NCCC12CC3CC(C1)CC(c1ccncc1)(C3)C2. The summed E-state index contributed by atoms with van der Waals surface area (Å²) >= 11 is 0. The summed E-state index contributed by atoms with van der Waals surface area (Å²) in [5, 5.41) is 0. The highest BCUT2D eigenvalue weighted by atomic mass is 14.7. The highest BCUT2D eigenvalue weighted by molar-refractivity contribution is 5.28. The van der Waals surface area contributed by atoms with Gasteiger partial charge in [-0.15, -0.1) is 0 Å². The number of nitrogens with zero attached hydrogens (tertiary/aromatic N) is 1. The minimum atomic E-state index is 0.461. The van der Waals surface area contributed by atoms with E-state index >= 15 is 0 Å². The summed E-state index contributed by atoms with van der Waals surface area (Å²) in [4.78, 5) is 4.21. The quantitative estimate of drug-likeness (QED) is 0.901. The molecule has 2 atom stereocenters. The Morgan fingerprint density at radius 2 is 1.79 bits per heavy atom. The fourth-order valence-electron chi connectivity index (χ4n) is 6.09. The van der Waals surface area contributed by atoms with Crippen molar-refractivity contribution in [3.8, 4) is 0 Å². The zero-order valence-electron chi connectivity index (χ0n) is 11.6. The van der Waals surface area contributed by atoms with Gasteiger partial charge in [0.2, 0.25) is 0 Å². The van der Waals surface area contributed by atoms with Crippen LogP contribution in [0.3, 0.4) is 0 Å². The maximum absolute atomic E-state index is 5.92. The molecule has 4 fully saturated rings. The number of pyridine rings is 1. The van der Waals surface area contributed by atoms with E-state index in [-0.39, 0.29) is 0 Å². The molecule has 2 heteroatoms. The van der Waals surface area contributed by atoms with Crippen LogP contribution in [0.1, 0.15) is 50.5 Å². The van der Waals surface area contributed by atoms with Crippen molar-refractivity contribution in [2.45, 2.75) is 50.4 Å². The Kier molecular flexibility index (Phi) is 2.54. The first-order valence-corrected chi connectivity index (χ1v) is 7.84. The summed E-state index contributed by atoms with van der Waals surface area (Å²) < 4.78 is 0. The Morgan fingerprint density at radius 3 is 2.42 bits per heavy atom. The molecule has 19 heavy (non-hydrogen) atoms. The number of hydrogen-bond acceptors (Lipinski definition) is 2. The maximum Gasteiger partial charge on any atom is 0.0270 e. The van der Waals surface area contributed by atoms with Crippen molar-refractivity contribution in [2.75, 3.05) is 6.54 Å². The van der Waals surface area contributed by atoms with E-state index < -0.39 is 0 Å². The lowest BCUT2D eigenvalue weighted by Gasteiger charge is -2.62. The van der Waals surface area contributed by atoms with Gasteiger partial charge in [-0.1, -0.05) is 0 Å². The molecule has 4 bridgehead atoms. The zero-order valence-corrected chi connectivity index (χ0v) is 11.6. The molecule has 2 nitrogen and oxygen atoms in total. The van der Waals surface area contributed by atoms with Crippen molar-refractivity contribution in [3.05, 3.63) is 30.1 Å². The van der Waals surface area contributed by atoms with Gasteiger partial charge in [-0.25, -0.2) is 0 Å². The smallest absolute Gasteiger partial charge is 0.0270 e. The van der Waals surface area contributed by atoms with Gasteiger partial charge in [0.05, 0.1) is 0 Å². The van der Waals surface area contributed by atoms with Crippen LogP contribution >= 0.6 is 0 Å². The third-order valence-electron chi connectivity index (χ3n) is 6.15. The van der Waals surface area contributed by atoms with Gasteiger partial charge in [-0.3, -0.25) is 4.98 Å². The first kappa shape index (κ1) is 11.9.